The van der Waals surface area contributed by atoms with Gasteiger partial charge in [-0.15, -0.1) is 0 Å². The van der Waals surface area contributed by atoms with Gasteiger partial charge in [-0.2, -0.15) is 0 Å². The highest BCUT2D eigenvalue weighted by Crippen LogP contribution is 2.29. The van der Waals surface area contributed by atoms with Gasteiger partial charge < -0.3 is 0 Å². The summed E-state index contributed by atoms with van der Waals surface area (Å²) in [4.78, 5) is 0. The molecular weight excluding hydrogens is 326 g/mol. The summed E-state index contributed by atoms with van der Waals surface area (Å²) in [5.41, 5.74) is 4.26. The first-order chi connectivity index (χ1) is 9.56. The topological polar surface area (TPSA) is 38.0 Å². The number of halogens is 3. The second-order valence-corrected chi connectivity index (χ2v) is 5.39. The lowest BCUT2D eigenvalue weighted by molar-refractivity contribution is 0.509. The van der Waals surface area contributed by atoms with Crippen LogP contribution in [0.2, 0.25) is 0 Å². The molecule has 2 aromatic rings. The molecule has 20 heavy (non-hydrogen) atoms. The number of hydrogen-bond acceptors (Lipinski definition) is 2. The lowest BCUT2D eigenvalue weighted by Crippen LogP contribution is -2.30. The summed E-state index contributed by atoms with van der Waals surface area (Å²) in [7, 11) is 0. The first kappa shape index (κ1) is 15.1. The fourth-order valence-corrected chi connectivity index (χ4v) is 2.52. The third-order valence-corrected chi connectivity index (χ3v) is 3.68. The van der Waals surface area contributed by atoms with E-state index in [-0.39, 0.29) is 5.56 Å². The van der Waals surface area contributed by atoms with Crippen molar-refractivity contribution in [1.82, 2.24) is 5.43 Å². The minimum absolute atomic E-state index is 0.0834. The van der Waals surface area contributed by atoms with E-state index in [9.17, 15) is 8.78 Å². The van der Waals surface area contributed by atoms with Gasteiger partial charge in [0.25, 0.3) is 0 Å². The van der Waals surface area contributed by atoms with Crippen LogP contribution in [0.4, 0.5) is 8.78 Å². The number of nitrogens with two attached hydrogens (primary N) is 1. The molecule has 0 saturated heterocycles. The Morgan fingerprint density at radius 2 is 1.70 bits per heavy atom. The predicted octanol–water partition coefficient (Wildman–Crippen LogP) is 3.84. The molecule has 0 aliphatic carbocycles. The molecule has 1 atom stereocenters. The summed E-state index contributed by atoms with van der Waals surface area (Å²) in [5.74, 6) is 4.21. The number of aryl methyl sites for hydroxylation is 1. The largest absolute Gasteiger partial charge is 0.271 e. The van der Waals surface area contributed by atoms with Crippen molar-refractivity contribution in [2.24, 2.45) is 5.84 Å². The second kappa shape index (κ2) is 6.43. The van der Waals surface area contributed by atoms with E-state index in [1.54, 1.807) is 0 Å². The van der Waals surface area contributed by atoms with E-state index in [1.807, 2.05) is 31.2 Å². The summed E-state index contributed by atoms with van der Waals surface area (Å²) >= 11 is 3.06. The average molecular weight is 341 g/mol. The smallest absolute Gasteiger partial charge is 0.132 e. The van der Waals surface area contributed by atoms with Crippen molar-refractivity contribution in [2.45, 2.75) is 19.4 Å². The number of rotatable bonds is 4. The lowest BCUT2D eigenvalue weighted by atomic mass is 9.97. The van der Waals surface area contributed by atoms with Gasteiger partial charge in [0.1, 0.15) is 11.6 Å². The summed E-state index contributed by atoms with van der Waals surface area (Å²) in [5, 5.41) is 0. The summed E-state index contributed by atoms with van der Waals surface area (Å²) in [6.07, 6.45) is 0.905. The molecule has 2 rings (SSSR count). The van der Waals surface area contributed by atoms with Crippen LogP contribution in [0.25, 0.3) is 0 Å². The predicted molar refractivity (Wildman–Crippen MR) is 79.0 cm³/mol. The Labute approximate surface area is 125 Å². The second-order valence-electron chi connectivity index (χ2n) is 4.48. The fourth-order valence-electron chi connectivity index (χ4n) is 2.12. The molecule has 0 amide bonds. The highest BCUT2D eigenvalue weighted by atomic mass is 79.9. The van der Waals surface area contributed by atoms with E-state index in [0.717, 1.165) is 12.0 Å². The third-order valence-electron chi connectivity index (χ3n) is 3.22. The standard InChI is InChI=1S/C15H15BrF2N2/c1-2-9-3-5-10(6-4-9)15(20-19)14-12(17)7-11(16)8-13(14)18/h3-8,15,20H,2,19H2,1H3. The average Bonchev–Trinajstić information content (AvgIpc) is 2.43. The van der Waals surface area contributed by atoms with Crippen molar-refractivity contribution in [3.05, 3.63) is 69.2 Å². The molecule has 0 spiro atoms. The minimum atomic E-state index is -0.728. The van der Waals surface area contributed by atoms with Crippen LogP contribution in [0, 0.1) is 11.6 Å². The van der Waals surface area contributed by atoms with Crippen LogP contribution in [0.3, 0.4) is 0 Å². The zero-order chi connectivity index (χ0) is 14.7. The summed E-state index contributed by atoms with van der Waals surface area (Å²) < 4.78 is 28.4. The van der Waals surface area contributed by atoms with Crippen LogP contribution in [-0.2, 0) is 6.42 Å². The number of hydrogen-bond donors (Lipinski definition) is 2. The molecule has 2 nitrogen and oxygen atoms in total. The van der Waals surface area contributed by atoms with Crippen LogP contribution < -0.4 is 11.3 Å². The van der Waals surface area contributed by atoms with Crippen molar-refractivity contribution in [3.8, 4) is 0 Å². The van der Waals surface area contributed by atoms with Crippen LogP contribution in [-0.4, -0.2) is 0 Å². The van der Waals surface area contributed by atoms with Crippen LogP contribution >= 0.6 is 15.9 Å². The third kappa shape index (κ3) is 3.06. The molecule has 2 aromatic carbocycles. The Kier molecular flexibility index (Phi) is 4.86. The van der Waals surface area contributed by atoms with E-state index < -0.39 is 17.7 Å². The monoisotopic (exact) mass is 340 g/mol. The lowest BCUT2D eigenvalue weighted by Gasteiger charge is -2.19. The van der Waals surface area contributed by atoms with Crippen LogP contribution in [0.1, 0.15) is 29.7 Å². The normalized spacial score (nSPS) is 12.4. The zero-order valence-corrected chi connectivity index (χ0v) is 12.5. The Morgan fingerprint density at radius 1 is 1.15 bits per heavy atom. The Bertz CT molecular complexity index is 576. The van der Waals surface area contributed by atoms with Gasteiger partial charge in [0.05, 0.1) is 6.04 Å². The van der Waals surface area contributed by atoms with E-state index >= 15 is 0 Å². The first-order valence-corrected chi connectivity index (χ1v) is 7.05. The molecule has 3 N–H and O–H groups in total. The zero-order valence-electron chi connectivity index (χ0n) is 11.0. The number of nitrogens with one attached hydrogen (secondary N) is 1. The van der Waals surface area contributed by atoms with Crippen LogP contribution in [0.5, 0.6) is 0 Å². The maximum atomic E-state index is 14.0. The maximum Gasteiger partial charge on any atom is 0.132 e. The van der Waals surface area contributed by atoms with Gasteiger partial charge in [-0.25, -0.2) is 14.2 Å². The number of benzene rings is 2. The minimum Gasteiger partial charge on any atom is -0.271 e. The highest BCUT2D eigenvalue weighted by molar-refractivity contribution is 9.10. The van der Waals surface area contributed by atoms with Crippen LogP contribution in [0.15, 0.2) is 40.9 Å². The molecular formula is C15H15BrF2N2. The van der Waals surface area contributed by atoms with Gasteiger partial charge in [0.2, 0.25) is 0 Å². The molecule has 106 valence electrons. The Balaban J connectivity index is 2.46. The molecule has 5 heteroatoms. The van der Waals surface area contributed by atoms with Crippen molar-refractivity contribution in [3.63, 3.8) is 0 Å². The van der Waals surface area contributed by atoms with Gasteiger partial charge in [0.15, 0.2) is 0 Å². The molecule has 0 aliphatic rings. The summed E-state index contributed by atoms with van der Waals surface area (Å²) in [6.45, 7) is 2.04. The van der Waals surface area contributed by atoms with E-state index in [0.29, 0.717) is 10.0 Å². The van der Waals surface area contributed by atoms with E-state index in [2.05, 4.69) is 21.4 Å². The molecule has 0 bridgehead atoms. The van der Waals surface area contributed by atoms with Crippen molar-refractivity contribution in [1.29, 1.82) is 0 Å². The van der Waals surface area contributed by atoms with E-state index in [1.165, 1.54) is 12.1 Å². The Morgan fingerprint density at radius 3 is 2.15 bits per heavy atom. The fraction of sp³-hybridized carbons (Fsp3) is 0.200. The SMILES string of the molecule is CCc1ccc(C(NN)c2c(F)cc(Br)cc2F)cc1. The summed E-state index contributed by atoms with van der Waals surface area (Å²) in [6, 6.07) is 9.22. The van der Waals surface area contributed by atoms with Crippen molar-refractivity contribution >= 4 is 15.9 Å². The number of hydrazine groups is 1. The highest BCUT2D eigenvalue weighted by Gasteiger charge is 2.21. The molecule has 0 radical (unpaired) electrons. The molecule has 0 heterocycles. The maximum absolute atomic E-state index is 14.0. The van der Waals surface area contributed by atoms with Crippen molar-refractivity contribution < 1.29 is 8.78 Å². The molecule has 0 aliphatic heterocycles. The van der Waals surface area contributed by atoms with Crippen molar-refractivity contribution in [2.75, 3.05) is 0 Å². The van der Waals surface area contributed by atoms with Gasteiger partial charge in [-0.1, -0.05) is 47.1 Å². The molecule has 0 fully saturated rings. The van der Waals surface area contributed by atoms with Gasteiger partial charge in [-0.3, -0.25) is 5.84 Å². The van der Waals surface area contributed by atoms with Gasteiger partial charge in [-0.05, 0) is 29.7 Å². The molecule has 0 saturated carbocycles. The molecule has 0 aromatic heterocycles. The van der Waals surface area contributed by atoms with Gasteiger partial charge in [0, 0.05) is 10.0 Å². The van der Waals surface area contributed by atoms with E-state index in [4.69, 9.17) is 5.84 Å². The quantitative estimate of drug-likeness (QED) is 0.655. The van der Waals surface area contributed by atoms with Gasteiger partial charge >= 0.3 is 0 Å². The molecule has 1 unspecified atom stereocenters. The Hall–Kier alpha value is -1.30. The first-order valence-electron chi connectivity index (χ1n) is 6.26.